The SMILES string of the molecule is COC(=O)N[C@H](C(=O)N1CCC[C@H]1C1=NC=C(c2ccc(-c3ccccc3)cc2)C1)C(C)C. The molecule has 0 aliphatic carbocycles. The Morgan fingerprint density at radius 1 is 1.03 bits per heavy atom. The number of nitrogens with zero attached hydrogens (tertiary/aromatic N) is 2. The number of hydrogen-bond donors (Lipinski definition) is 1. The van der Waals surface area contributed by atoms with E-state index >= 15 is 0 Å². The van der Waals surface area contributed by atoms with E-state index in [1.54, 1.807) is 0 Å². The van der Waals surface area contributed by atoms with Gasteiger partial charge >= 0.3 is 6.09 Å². The van der Waals surface area contributed by atoms with Crippen molar-refractivity contribution in [1.29, 1.82) is 0 Å². The number of carbonyl (C=O) groups is 2. The number of ether oxygens (including phenoxy) is 1. The third-order valence-electron chi connectivity index (χ3n) is 6.43. The van der Waals surface area contributed by atoms with Gasteiger partial charge in [0.05, 0.1) is 13.2 Å². The predicted octanol–water partition coefficient (Wildman–Crippen LogP) is 4.91. The first-order valence-electron chi connectivity index (χ1n) is 11.5. The van der Waals surface area contributed by atoms with E-state index in [-0.39, 0.29) is 17.9 Å². The lowest BCUT2D eigenvalue weighted by atomic mass is 9.96. The zero-order valence-corrected chi connectivity index (χ0v) is 19.5. The Labute approximate surface area is 195 Å². The maximum Gasteiger partial charge on any atom is 0.407 e. The normalized spacial score (nSPS) is 18.7. The summed E-state index contributed by atoms with van der Waals surface area (Å²) in [7, 11) is 1.31. The molecular formula is C27H31N3O3. The van der Waals surface area contributed by atoms with Crippen molar-refractivity contribution >= 4 is 23.3 Å². The van der Waals surface area contributed by atoms with Gasteiger partial charge in [0.1, 0.15) is 6.04 Å². The number of alkyl carbamates (subject to hydrolysis) is 1. The lowest BCUT2D eigenvalue weighted by Gasteiger charge is -2.31. The third kappa shape index (κ3) is 5.00. The number of rotatable bonds is 6. The van der Waals surface area contributed by atoms with Crippen LogP contribution in [0.15, 0.2) is 65.8 Å². The Kier molecular flexibility index (Phi) is 6.92. The number of amides is 2. The smallest absolute Gasteiger partial charge is 0.407 e. The van der Waals surface area contributed by atoms with Gasteiger partial charge in [-0.2, -0.15) is 0 Å². The van der Waals surface area contributed by atoms with Crippen molar-refractivity contribution in [2.75, 3.05) is 13.7 Å². The van der Waals surface area contributed by atoms with E-state index in [4.69, 9.17) is 9.73 Å². The average molecular weight is 446 g/mol. The summed E-state index contributed by atoms with van der Waals surface area (Å²) in [5, 5.41) is 2.70. The van der Waals surface area contributed by atoms with E-state index in [9.17, 15) is 9.59 Å². The van der Waals surface area contributed by atoms with Crippen molar-refractivity contribution in [2.24, 2.45) is 10.9 Å². The van der Waals surface area contributed by atoms with Crippen LogP contribution >= 0.6 is 0 Å². The Hall–Kier alpha value is -3.41. The van der Waals surface area contributed by atoms with Crippen LogP contribution in [0.2, 0.25) is 0 Å². The van der Waals surface area contributed by atoms with E-state index in [0.717, 1.165) is 36.1 Å². The first-order valence-corrected chi connectivity index (χ1v) is 11.5. The third-order valence-corrected chi connectivity index (χ3v) is 6.43. The minimum Gasteiger partial charge on any atom is -0.453 e. The van der Waals surface area contributed by atoms with Crippen molar-refractivity contribution in [2.45, 2.75) is 45.2 Å². The van der Waals surface area contributed by atoms with E-state index in [0.29, 0.717) is 6.54 Å². The summed E-state index contributed by atoms with van der Waals surface area (Å²) in [6.07, 6.45) is 3.90. The highest BCUT2D eigenvalue weighted by molar-refractivity contribution is 6.03. The van der Waals surface area contributed by atoms with E-state index < -0.39 is 12.1 Å². The van der Waals surface area contributed by atoms with Crippen LogP contribution in [-0.4, -0.2) is 48.4 Å². The van der Waals surface area contributed by atoms with Crippen molar-refractivity contribution in [3.8, 4) is 11.1 Å². The monoisotopic (exact) mass is 445 g/mol. The van der Waals surface area contributed by atoms with Crippen molar-refractivity contribution in [3.63, 3.8) is 0 Å². The summed E-state index contributed by atoms with van der Waals surface area (Å²) in [5.41, 5.74) is 5.71. The zero-order chi connectivity index (χ0) is 23.4. The molecule has 6 nitrogen and oxygen atoms in total. The van der Waals surface area contributed by atoms with Gasteiger partial charge in [-0.15, -0.1) is 0 Å². The van der Waals surface area contributed by atoms with Crippen LogP contribution in [0.3, 0.4) is 0 Å². The molecule has 2 atom stereocenters. The summed E-state index contributed by atoms with van der Waals surface area (Å²) in [4.78, 5) is 31.7. The minimum atomic E-state index is -0.613. The molecule has 2 aromatic rings. The van der Waals surface area contributed by atoms with Crippen LogP contribution in [-0.2, 0) is 9.53 Å². The zero-order valence-electron chi connectivity index (χ0n) is 19.5. The number of allylic oxidation sites excluding steroid dienone is 1. The maximum absolute atomic E-state index is 13.3. The van der Waals surface area contributed by atoms with Crippen LogP contribution in [0.5, 0.6) is 0 Å². The number of hydrogen-bond acceptors (Lipinski definition) is 4. The molecule has 6 heteroatoms. The molecule has 0 radical (unpaired) electrons. The van der Waals surface area contributed by atoms with Crippen molar-refractivity contribution in [1.82, 2.24) is 10.2 Å². The molecule has 4 rings (SSSR count). The molecule has 1 fully saturated rings. The fourth-order valence-corrected chi connectivity index (χ4v) is 4.59. The molecule has 2 amide bonds. The number of methoxy groups -OCH3 is 1. The van der Waals surface area contributed by atoms with Gasteiger partial charge in [-0.25, -0.2) is 4.79 Å². The highest BCUT2D eigenvalue weighted by Crippen LogP contribution is 2.31. The van der Waals surface area contributed by atoms with Gasteiger partial charge in [-0.05, 0) is 41.0 Å². The molecule has 1 N–H and O–H groups in total. The largest absolute Gasteiger partial charge is 0.453 e. The van der Waals surface area contributed by atoms with Gasteiger partial charge in [0.2, 0.25) is 5.91 Å². The molecule has 0 unspecified atom stereocenters. The van der Waals surface area contributed by atoms with Gasteiger partial charge in [0.25, 0.3) is 0 Å². The molecule has 172 valence electrons. The van der Waals surface area contributed by atoms with Gasteiger partial charge in [0.15, 0.2) is 0 Å². The molecular weight excluding hydrogens is 414 g/mol. The number of nitrogens with one attached hydrogen (secondary N) is 1. The molecule has 0 bridgehead atoms. The topological polar surface area (TPSA) is 71.0 Å². The number of aliphatic imine (C=N–C) groups is 1. The van der Waals surface area contributed by atoms with Gasteiger partial charge in [0, 0.05) is 24.9 Å². The lowest BCUT2D eigenvalue weighted by Crippen LogP contribution is -2.53. The highest BCUT2D eigenvalue weighted by atomic mass is 16.5. The predicted molar refractivity (Wildman–Crippen MR) is 131 cm³/mol. The maximum atomic E-state index is 13.3. The van der Waals surface area contributed by atoms with Crippen molar-refractivity contribution in [3.05, 3.63) is 66.4 Å². The molecule has 2 aliphatic rings. The first-order chi connectivity index (χ1) is 16.0. The summed E-state index contributed by atoms with van der Waals surface area (Å²) in [6, 6.07) is 18.2. The van der Waals surface area contributed by atoms with Crippen LogP contribution in [0.25, 0.3) is 16.7 Å². The van der Waals surface area contributed by atoms with Gasteiger partial charge in [-0.1, -0.05) is 68.4 Å². The molecule has 2 heterocycles. The van der Waals surface area contributed by atoms with E-state index in [2.05, 4.69) is 41.7 Å². The second-order valence-corrected chi connectivity index (χ2v) is 8.94. The fourth-order valence-electron chi connectivity index (χ4n) is 4.59. The number of carbonyl (C=O) groups excluding carboxylic acids is 2. The molecule has 0 aromatic heterocycles. The molecule has 0 saturated carbocycles. The quantitative estimate of drug-likeness (QED) is 0.687. The Morgan fingerprint density at radius 3 is 2.36 bits per heavy atom. The molecule has 2 aliphatic heterocycles. The summed E-state index contributed by atoms with van der Waals surface area (Å²) in [6.45, 7) is 4.53. The second-order valence-electron chi connectivity index (χ2n) is 8.94. The van der Waals surface area contributed by atoms with Crippen molar-refractivity contribution < 1.29 is 14.3 Å². The fraction of sp³-hybridized carbons (Fsp3) is 0.370. The second kappa shape index (κ2) is 10.0. The number of benzene rings is 2. The first kappa shape index (κ1) is 22.8. The average Bonchev–Trinajstić information content (AvgIpc) is 3.52. The van der Waals surface area contributed by atoms with Crippen LogP contribution in [0, 0.1) is 5.92 Å². The molecule has 33 heavy (non-hydrogen) atoms. The molecule has 2 aromatic carbocycles. The number of likely N-dealkylation sites (tertiary alicyclic amines) is 1. The van der Waals surface area contributed by atoms with E-state index in [1.165, 1.54) is 18.2 Å². The highest BCUT2D eigenvalue weighted by Gasteiger charge is 2.38. The van der Waals surface area contributed by atoms with Crippen LogP contribution in [0.1, 0.15) is 38.7 Å². The molecule has 0 spiro atoms. The van der Waals surface area contributed by atoms with E-state index in [1.807, 2.05) is 43.1 Å². The van der Waals surface area contributed by atoms with Crippen LogP contribution < -0.4 is 5.32 Å². The lowest BCUT2D eigenvalue weighted by molar-refractivity contribution is -0.134. The minimum absolute atomic E-state index is 0.0319. The van der Waals surface area contributed by atoms with Gasteiger partial charge in [-0.3, -0.25) is 9.79 Å². The summed E-state index contributed by atoms with van der Waals surface area (Å²) < 4.78 is 4.72. The standard InChI is InChI=1S/C27H31N3O3/c1-18(2)25(29-27(32)33-3)26(31)30-15-7-10-24(30)23-16-22(17-28-23)21-13-11-20(12-14-21)19-8-5-4-6-9-19/h4-6,8-9,11-14,17-18,24-25H,7,10,15-16H2,1-3H3,(H,29,32)/t24-,25-/m0/s1. The Balaban J connectivity index is 1.43. The summed E-state index contributed by atoms with van der Waals surface area (Å²) in [5.74, 6) is -0.110. The van der Waals surface area contributed by atoms with Gasteiger partial charge < -0.3 is 15.0 Å². The summed E-state index contributed by atoms with van der Waals surface area (Å²) >= 11 is 0. The molecule has 1 saturated heterocycles. The Bertz CT molecular complexity index is 1060. The Morgan fingerprint density at radius 2 is 1.70 bits per heavy atom. The van der Waals surface area contributed by atoms with Crippen LogP contribution in [0.4, 0.5) is 4.79 Å².